The van der Waals surface area contributed by atoms with E-state index in [1.165, 1.54) is 6.42 Å². The maximum Gasteiger partial charge on any atom is 0.306 e. The summed E-state index contributed by atoms with van der Waals surface area (Å²) in [5.41, 5.74) is 0. The number of amides is 1. The average molecular weight is 282 g/mol. The maximum absolute atomic E-state index is 12.6. The first kappa shape index (κ1) is 15.3. The Morgan fingerprint density at radius 2 is 1.95 bits per heavy atom. The summed E-state index contributed by atoms with van der Waals surface area (Å²) < 4.78 is 0. The molecule has 2 rings (SSSR count). The van der Waals surface area contributed by atoms with Gasteiger partial charge in [-0.25, -0.2) is 0 Å². The van der Waals surface area contributed by atoms with E-state index in [1.807, 2.05) is 11.9 Å². The van der Waals surface area contributed by atoms with E-state index in [1.54, 1.807) is 0 Å². The summed E-state index contributed by atoms with van der Waals surface area (Å²) in [6.45, 7) is 2.62. The minimum atomic E-state index is -0.741. The number of carboxylic acids is 1. The van der Waals surface area contributed by atoms with Gasteiger partial charge in [-0.1, -0.05) is 6.42 Å². The Kier molecular flexibility index (Phi) is 5.40. The second-order valence-corrected chi connectivity index (χ2v) is 6.25. The van der Waals surface area contributed by atoms with Crippen LogP contribution >= 0.6 is 0 Å². The summed E-state index contributed by atoms with van der Waals surface area (Å²) in [5, 5.41) is 12.3. The molecule has 0 aromatic carbocycles. The fourth-order valence-electron chi connectivity index (χ4n) is 3.62. The molecule has 0 aromatic heterocycles. The lowest BCUT2D eigenvalue weighted by Crippen LogP contribution is -2.46. The summed E-state index contributed by atoms with van der Waals surface area (Å²) >= 11 is 0. The Balaban J connectivity index is 1.91. The molecule has 1 heterocycles. The highest BCUT2D eigenvalue weighted by Gasteiger charge is 2.34. The van der Waals surface area contributed by atoms with Crippen molar-refractivity contribution < 1.29 is 14.7 Å². The van der Waals surface area contributed by atoms with Gasteiger partial charge in [0.1, 0.15) is 0 Å². The molecule has 5 heteroatoms. The van der Waals surface area contributed by atoms with E-state index >= 15 is 0 Å². The number of hydrogen-bond donors (Lipinski definition) is 2. The summed E-state index contributed by atoms with van der Waals surface area (Å²) in [6, 6.07) is 0. The van der Waals surface area contributed by atoms with E-state index in [-0.39, 0.29) is 17.7 Å². The maximum atomic E-state index is 12.6. The molecule has 1 saturated heterocycles. The highest BCUT2D eigenvalue weighted by molar-refractivity contribution is 5.80. The lowest BCUT2D eigenvalue weighted by Gasteiger charge is -2.36. The van der Waals surface area contributed by atoms with Crippen molar-refractivity contribution in [2.75, 3.05) is 26.7 Å². The predicted molar refractivity (Wildman–Crippen MR) is 76.3 cm³/mol. The van der Waals surface area contributed by atoms with Gasteiger partial charge in [-0.15, -0.1) is 0 Å². The summed E-state index contributed by atoms with van der Waals surface area (Å²) in [7, 11) is 1.94. The Labute approximate surface area is 120 Å². The van der Waals surface area contributed by atoms with Crippen molar-refractivity contribution in [1.29, 1.82) is 0 Å². The number of carboxylic acid groups (broad SMARTS) is 1. The topological polar surface area (TPSA) is 69.6 Å². The van der Waals surface area contributed by atoms with E-state index < -0.39 is 5.97 Å². The van der Waals surface area contributed by atoms with Gasteiger partial charge in [-0.3, -0.25) is 9.59 Å². The van der Waals surface area contributed by atoms with Crippen LogP contribution < -0.4 is 5.32 Å². The summed E-state index contributed by atoms with van der Waals surface area (Å²) in [4.78, 5) is 25.7. The molecule has 3 unspecified atom stereocenters. The van der Waals surface area contributed by atoms with Gasteiger partial charge in [-0.05, 0) is 51.6 Å². The van der Waals surface area contributed by atoms with Gasteiger partial charge in [0.25, 0.3) is 0 Å². The Morgan fingerprint density at radius 3 is 2.65 bits per heavy atom. The third-order valence-electron chi connectivity index (χ3n) is 4.70. The lowest BCUT2D eigenvalue weighted by atomic mass is 9.80. The number of hydrogen-bond acceptors (Lipinski definition) is 3. The van der Waals surface area contributed by atoms with Crippen molar-refractivity contribution in [1.82, 2.24) is 10.2 Å². The van der Waals surface area contributed by atoms with Crippen LogP contribution in [0.4, 0.5) is 0 Å². The number of nitrogens with one attached hydrogen (secondary N) is 1. The largest absolute Gasteiger partial charge is 0.481 e. The highest BCUT2D eigenvalue weighted by Crippen LogP contribution is 2.31. The molecule has 1 aliphatic heterocycles. The van der Waals surface area contributed by atoms with Gasteiger partial charge in [-0.2, -0.15) is 0 Å². The van der Waals surface area contributed by atoms with Crippen LogP contribution in [0.2, 0.25) is 0 Å². The number of carbonyl (C=O) groups excluding carboxylic acids is 1. The first-order chi connectivity index (χ1) is 9.61. The molecule has 2 fully saturated rings. The number of nitrogens with zero attached hydrogens (tertiary/aromatic N) is 1. The molecule has 5 nitrogen and oxygen atoms in total. The summed E-state index contributed by atoms with van der Waals surface area (Å²) in [6.07, 6.45) is 5.21. The van der Waals surface area contributed by atoms with Crippen LogP contribution in [0.3, 0.4) is 0 Å². The fourth-order valence-corrected chi connectivity index (χ4v) is 3.62. The Morgan fingerprint density at radius 1 is 1.20 bits per heavy atom. The molecule has 2 aliphatic rings. The molecule has 114 valence electrons. The zero-order chi connectivity index (χ0) is 14.5. The normalized spacial score (nSPS) is 31.1. The standard InChI is InChI=1S/C15H26N2O3/c1-16-9-11-4-3-7-17(10-11)14(18)12-5-2-6-13(8-12)15(19)20/h11-13,16H,2-10H2,1H3,(H,19,20). The van der Waals surface area contributed by atoms with Crippen molar-refractivity contribution >= 4 is 11.9 Å². The van der Waals surface area contributed by atoms with Gasteiger partial charge >= 0.3 is 5.97 Å². The van der Waals surface area contributed by atoms with Crippen LogP contribution in [0, 0.1) is 17.8 Å². The van der Waals surface area contributed by atoms with Gasteiger partial charge in [0.15, 0.2) is 0 Å². The van der Waals surface area contributed by atoms with Crippen LogP contribution in [-0.4, -0.2) is 48.6 Å². The first-order valence-electron chi connectivity index (χ1n) is 7.78. The zero-order valence-corrected chi connectivity index (χ0v) is 12.3. The molecule has 0 bridgehead atoms. The van der Waals surface area contributed by atoms with Gasteiger partial charge in [0.05, 0.1) is 5.92 Å². The second-order valence-electron chi connectivity index (χ2n) is 6.25. The molecule has 1 saturated carbocycles. The van der Waals surface area contributed by atoms with Crippen LogP contribution in [0.1, 0.15) is 38.5 Å². The average Bonchev–Trinajstić information content (AvgIpc) is 2.47. The predicted octanol–water partition coefficient (Wildman–Crippen LogP) is 1.34. The third-order valence-corrected chi connectivity index (χ3v) is 4.70. The Hall–Kier alpha value is -1.10. The molecule has 20 heavy (non-hydrogen) atoms. The van der Waals surface area contributed by atoms with Crippen molar-refractivity contribution in [3.05, 3.63) is 0 Å². The van der Waals surface area contributed by atoms with E-state index in [0.29, 0.717) is 12.3 Å². The Bertz CT molecular complexity index is 357. The molecule has 0 spiro atoms. The molecule has 0 aromatic rings. The highest BCUT2D eigenvalue weighted by atomic mass is 16.4. The van der Waals surface area contributed by atoms with E-state index in [4.69, 9.17) is 5.11 Å². The quantitative estimate of drug-likeness (QED) is 0.816. The molecule has 2 N–H and O–H groups in total. The first-order valence-corrected chi connectivity index (χ1v) is 7.78. The van der Waals surface area contributed by atoms with Gasteiger partial charge in [0.2, 0.25) is 5.91 Å². The summed E-state index contributed by atoms with van der Waals surface area (Å²) in [5.74, 6) is -0.406. The number of likely N-dealkylation sites (tertiary alicyclic amines) is 1. The third kappa shape index (κ3) is 3.72. The van der Waals surface area contributed by atoms with E-state index in [9.17, 15) is 9.59 Å². The lowest BCUT2D eigenvalue weighted by molar-refractivity contribution is -0.146. The minimum absolute atomic E-state index is 0.0711. The molecular weight excluding hydrogens is 256 g/mol. The molecule has 3 atom stereocenters. The van der Waals surface area contributed by atoms with Gasteiger partial charge in [0, 0.05) is 19.0 Å². The SMILES string of the molecule is CNCC1CCCN(C(=O)C2CCCC(C(=O)O)C2)C1. The zero-order valence-electron chi connectivity index (χ0n) is 12.3. The van der Waals surface area contributed by atoms with E-state index in [2.05, 4.69) is 5.32 Å². The second kappa shape index (κ2) is 7.07. The number of piperidine rings is 1. The number of carbonyl (C=O) groups is 2. The van der Waals surface area contributed by atoms with Crippen LogP contribution in [0.5, 0.6) is 0 Å². The van der Waals surface area contributed by atoms with Crippen LogP contribution in [-0.2, 0) is 9.59 Å². The fraction of sp³-hybridized carbons (Fsp3) is 0.867. The van der Waals surface area contributed by atoms with Crippen molar-refractivity contribution in [2.45, 2.75) is 38.5 Å². The number of rotatable bonds is 4. The molecule has 0 radical (unpaired) electrons. The monoisotopic (exact) mass is 282 g/mol. The number of aliphatic carboxylic acids is 1. The van der Waals surface area contributed by atoms with Crippen LogP contribution in [0.15, 0.2) is 0 Å². The van der Waals surface area contributed by atoms with E-state index in [0.717, 1.165) is 45.3 Å². The smallest absolute Gasteiger partial charge is 0.306 e. The van der Waals surface area contributed by atoms with Gasteiger partial charge < -0.3 is 15.3 Å². The molecule has 1 aliphatic carbocycles. The van der Waals surface area contributed by atoms with Crippen LogP contribution in [0.25, 0.3) is 0 Å². The minimum Gasteiger partial charge on any atom is -0.481 e. The van der Waals surface area contributed by atoms with Crippen molar-refractivity contribution in [3.63, 3.8) is 0 Å². The molecular formula is C15H26N2O3. The van der Waals surface area contributed by atoms with Crippen molar-refractivity contribution in [3.8, 4) is 0 Å². The van der Waals surface area contributed by atoms with Crippen molar-refractivity contribution in [2.24, 2.45) is 17.8 Å². The molecule has 1 amide bonds.